The van der Waals surface area contributed by atoms with Crippen molar-refractivity contribution in [2.45, 2.75) is 27.0 Å². The average Bonchev–Trinajstić information content (AvgIpc) is 2.13. The van der Waals surface area contributed by atoms with E-state index >= 15 is 0 Å². The first-order valence-corrected chi connectivity index (χ1v) is 4.34. The maximum Gasteiger partial charge on any atom is 0.258 e. The molecule has 0 unspecified atom stereocenters. The summed E-state index contributed by atoms with van der Waals surface area (Å²) in [7, 11) is 0. The highest BCUT2D eigenvalue weighted by molar-refractivity contribution is 5.00. The second-order valence-corrected chi connectivity index (χ2v) is 2.89. The van der Waals surface area contributed by atoms with Crippen molar-refractivity contribution in [2.24, 2.45) is 0 Å². The maximum atomic E-state index is 11.4. The van der Waals surface area contributed by atoms with Crippen LogP contribution in [0.25, 0.3) is 0 Å². The molecule has 0 aliphatic rings. The zero-order chi connectivity index (χ0) is 9.68. The van der Waals surface area contributed by atoms with Gasteiger partial charge in [0.2, 0.25) is 0 Å². The van der Waals surface area contributed by atoms with Gasteiger partial charge in [0.15, 0.2) is 0 Å². The highest BCUT2D eigenvalue weighted by Crippen LogP contribution is 1.87. The predicted octanol–water partition coefficient (Wildman–Crippen LogP) is 0.936. The highest BCUT2D eigenvalue weighted by Gasteiger charge is 1.97. The largest absolute Gasteiger partial charge is 0.361 e. The van der Waals surface area contributed by atoms with Gasteiger partial charge in [-0.3, -0.25) is 9.36 Å². The second kappa shape index (κ2) is 4.77. The summed E-state index contributed by atoms with van der Waals surface area (Å²) in [6.07, 6.45) is 4.00. The lowest BCUT2D eigenvalue weighted by Crippen LogP contribution is -2.23. The molecule has 0 N–H and O–H groups in total. The lowest BCUT2D eigenvalue weighted by Gasteiger charge is -2.05. The van der Waals surface area contributed by atoms with Crippen LogP contribution in [0.2, 0.25) is 0 Å². The molecule has 0 spiro atoms. The van der Waals surface area contributed by atoms with Crippen LogP contribution < -0.4 is 5.56 Å². The van der Waals surface area contributed by atoms with Crippen LogP contribution in [0.5, 0.6) is 0 Å². The van der Waals surface area contributed by atoms with E-state index in [4.69, 9.17) is 4.74 Å². The van der Waals surface area contributed by atoms with Gasteiger partial charge in [0, 0.05) is 18.4 Å². The average molecular weight is 182 g/mol. The van der Waals surface area contributed by atoms with Gasteiger partial charge in [-0.25, -0.2) is 4.98 Å². The Bertz CT molecular complexity index is 320. The van der Waals surface area contributed by atoms with Crippen molar-refractivity contribution in [1.82, 2.24) is 9.55 Å². The summed E-state index contributed by atoms with van der Waals surface area (Å²) >= 11 is 0. The standard InChI is InChI=1S/C9H14N2O2/c1-3-4-13-7-11-6-10-5-8(2)9(11)12/h5-6H,3-4,7H2,1-2H3. The third-order valence-corrected chi connectivity index (χ3v) is 1.65. The molecule has 1 aromatic heterocycles. The number of ether oxygens (including phenoxy) is 1. The first kappa shape index (κ1) is 9.92. The van der Waals surface area contributed by atoms with Gasteiger partial charge < -0.3 is 4.74 Å². The van der Waals surface area contributed by atoms with Crippen molar-refractivity contribution in [3.8, 4) is 0 Å². The molecule has 0 saturated carbocycles. The molecule has 0 amide bonds. The van der Waals surface area contributed by atoms with Gasteiger partial charge in [0.1, 0.15) is 6.73 Å². The molecule has 1 rings (SSSR count). The molecule has 0 aliphatic heterocycles. The monoisotopic (exact) mass is 182 g/mol. The van der Waals surface area contributed by atoms with Crippen molar-refractivity contribution in [3.05, 3.63) is 28.4 Å². The van der Waals surface area contributed by atoms with Gasteiger partial charge in [-0.05, 0) is 13.3 Å². The Labute approximate surface area is 77.2 Å². The lowest BCUT2D eigenvalue weighted by atomic mass is 10.4. The molecule has 1 heterocycles. The van der Waals surface area contributed by atoms with Crippen LogP contribution in [0.3, 0.4) is 0 Å². The van der Waals surface area contributed by atoms with Crippen molar-refractivity contribution in [2.75, 3.05) is 6.61 Å². The molecular formula is C9H14N2O2. The van der Waals surface area contributed by atoms with Crippen LogP contribution in [0.1, 0.15) is 18.9 Å². The minimum Gasteiger partial charge on any atom is -0.361 e. The molecule has 1 aromatic rings. The smallest absolute Gasteiger partial charge is 0.258 e. The summed E-state index contributed by atoms with van der Waals surface area (Å²) in [6, 6.07) is 0. The van der Waals surface area contributed by atoms with Gasteiger partial charge in [0.05, 0.1) is 6.33 Å². The Morgan fingerprint density at radius 2 is 2.38 bits per heavy atom. The van der Waals surface area contributed by atoms with Crippen molar-refractivity contribution >= 4 is 0 Å². The van der Waals surface area contributed by atoms with Gasteiger partial charge in [0.25, 0.3) is 5.56 Å². The summed E-state index contributed by atoms with van der Waals surface area (Å²) < 4.78 is 6.69. The summed E-state index contributed by atoms with van der Waals surface area (Å²) in [6.45, 7) is 4.73. The molecule has 0 fully saturated rings. The number of rotatable bonds is 4. The molecule has 0 bridgehead atoms. The fourth-order valence-electron chi connectivity index (χ4n) is 0.959. The number of aromatic nitrogens is 2. The van der Waals surface area contributed by atoms with E-state index in [1.807, 2.05) is 6.92 Å². The fourth-order valence-corrected chi connectivity index (χ4v) is 0.959. The Morgan fingerprint density at radius 3 is 3.08 bits per heavy atom. The van der Waals surface area contributed by atoms with E-state index < -0.39 is 0 Å². The summed E-state index contributed by atoms with van der Waals surface area (Å²) in [5.74, 6) is 0. The van der Waals surface area contributed by atoms with Crippen molar-refractivity contribution in [1.29, 1.82) is 0 Å². The summed E-state index contributed by atoms with van der Waals surface area (Å²) in [5, 5.41) is 0. The molecule has 0 aliphatic carbocycles. The molecule has 0 radical (unpaired) electrons. The molecule has 4 nitrogen and oxygen atoms in total. The molecule has 72 valence electrons. The molecule has 0 saturated heterocycles. The van der Waals surface area contributed by atoms with Gasteiger partial charge in [-0.1, -0.05) is 6.92 Å². The van der Waals surface area contributed by atoms with Crippen molar-refractivity contribution < 1.29 is 4.74 Å². The van der Waals surface area contributed by atoms with E-state index in [0.29, 0.717) is 18.9 Å². The minimum absolute atomic E-state index is 0.0360. The van der Waals surface area contributed by atoms with Crippen LogP contribution in [-0.4, -0.2) is 16.2 Å². The first-order valence-electron chi connectivity index (χ1n) is 4.34. The van der Waals surface area contributed by atoms with E-state index in [2.05, 4.69) is 4.98 Å². The van der Waals surface area contributed by atoms with E-state index in [9.17, 15) is 4.79 Å². The Morgan fingerprint density at radius 1 is 1.62 bits per heavy atom. The van der Waals surface area contributed by atoms with Crippen LogP contribution >= 0.6 is 0 Å². The van der Waals surface area contributed by atoms with E-state index in [-0.39, 0.29) is 5.56 Å². The number of nitrogens with zero attached hydrogens (tertiary/aromatic N) is 2. The Balaban J connectivity index is 2.67. The number of hydrogen-bond donors (Lipinski definition) is 0. The molecule has 4 heteroatoms. The van der Waals surface area contributed by atoms with Crippen LogP contribution in [0.15, 0.2) is 17.3 Å². The lowest BCUT2D eigenvalue weighted by molar-refractivity contribution is 0.0743. The fraction of sp³-hybridized carbons (Fsp3) is 0.556. The van der Waals surface area contributed by atoms with Crippen LogP contribution in [0.4, 0.5) is 0 Å². The predicted molar refractivity (Wildman–Crippen MR) is 49.5 cm³/mol. The highest BCUT2D eigenvalue weighted by atomic mass is 16.5. The maximum absolute atomic E-state index is 11.4. The zero-order valence-electron chi connectivity index (χ0n) is 7.99. The second-order valence-electron chi connectivity index (χ2n) is 2.89. The number of aryl methyl sites for hydroxylation is 1. The van der Waals surface area contributed by atoms with Gasteiger partial charge in [-0.15, -0.1) is 0 Å². The third kappa shape index (κ3) is 2.66. The first-order chi connectivity index (χ1) is 6.25. The normalized spacial score (nSPS) is 10.3. The molecule has 13 heavy (non-hydrogen) atoms. The van der Waals surface area contributed by atoms with Crippen LogP contribution in [-0.2, 0) is 11.5 Å². The van der Waals surface area contributed by atoms with Gasteiger partial charge >= 0.3 is 0 Å². The van der Waals surface area contributed by atoms with Gasteiger partial charge in [-0.2, -0.15) is 0 Å². The quantitative estimate of drug-likeness (QED) is 0.651. The molecule has 0 aromatic carbocycles. The summed E-state index contributed by atoms with van der Waals surface area (Å²) in [4.78, 5) is 15.3. The zero-order valence-corrected chi connectivity index (χ0v) is 7.99. The minimum atomic E-state index is -0.0360. The van der Waals surface area contributed by atoms with Crippen LogP contribution in [0, 0.1) is 6.92 Å². The van der Waals surface area contributed by atoms with E-state index in [1.54, 1.807) is 13.1 Å². The molecule has 0 atom stereocenters. The Kier molecular flexibility index (Phi) is 3.64. The third-order valence-electron chi connectivity index (χ3n) is 1.65. The van der Waals surface area contributed by atoms with Crippen molar-refractivity contribution in [3.63, 3.8) is 0 Å². The van der Waals surface area contributed by atoms with E-state index in [1.165, 1.54) is 10.9 Å². The summed E-state index contributed by atoms with van der Waals surface area (Å²) in [5.41, 5.74) is 0.605. The SMILES string of the molecule is CCCOCn1cncc(C)c1=O. The Hall–Kier alpha value is -1.16. The molecular weight excluding hydrogens is 168 g/mol. The van der Waals surface area contributed by atoms with E-state index in [0.717, 1.165) is 6.42 Å². The topological polar surface area (TPSA) is 44.1 Å². The number of hydrogen-bond acceptors (Lipinski definition) is 3.